The Morgan fingerprint density at radius 1 is 1.50 bits per heavy atom. The molecule has 1 aromatic heterocycles. The minimum Gasteiger partial charge on any atom is -0.392 e. The smallest absolute Gasteiger partial charge is 0.272 e. The molecule has 0 aliphatic rings. The first-order chi connectivity index (χ1) is 7.59. The largest absolute Gasteiger partial charge is 0.392 e. The van der Waals surface area contributed by atoms with Crippen LogP contribution in [0.4, 0.5) is 0 Å². The maximum Gasteiger partial charge on any atom is 0.272 e. The quantitative estimate of drug-likeness (QED) is 0.786. The van der Waals surface area contributed by atoms with Crippen LogP contribution in [0.1, 0.15) is 5.69 Å². The molecule has 1 heterocycles. The topological polar surface area (TPSA) is 60.9 Å². The Labute approximate surface area is 97.7 Å². The van der Waals surface area contributed by atoms with Crippen molar-refractivity contribution in [3.8, 4) is 0 Å². The summed E-state index contributed by atoms with van der Waals surface area (Å²) in [6.45, 7) is 1.93. The highest BCUT2D eigenvalue weighted by Crippen LogP contribution is 2.09. The number of benzene rings is 1. The molecule has 0 unspecified atom stereocenters. The van der Waals surface area contributed by atoms with Crippen LogP contribution in [0.5, 0.6) is 0 Å². The number of fused-ring (bicyclic) bond motifs is 1. The zero-order chi connectivity index (χ0) is 11.7. The van der Waals surface area contributed by atoms with E-state index in [1.165, 1.54) is 0 Å². The average Bonchev–Trinajstić information content (AvgIpc) is 2.24. The summed E-state index contributed by atoms with van der Waals surface area (Å²) in [5.41, 5.74) is 7.32. The Hall–Kier alpha value is -1.75. The van der Waals surface area contributed by atoms with Gasteiger partial charge in [-0.2, -0.15) is 0 Å². The molecule has 0 atom stereocenters. The summed E-state index contributed by atoms with van der Waals surface area (Å²) < 4.78 is 1.56. The van der Waals surface area contributed by atoms with E-state index in [1.807, 2.05) is 24.3 Å². The molecular formula is C11H11N3OS. The van der Waals surface area contributed by atoms with Crippen LogP contribution in [0, 0.1) is 6.92 Å². The second-order valence-electron chi connectivity index (χ2n) is 3.54. The highest BCUT2D eigenvalue weighted by atomic mass is 32.1. The second-order valence-corrected chi connectivity index (χ2v) is 4.07. The third-order valence-electron chi connectivity index (χ3n) is 2.33. The van der Waals surface area contributed by atoms with Crippen LogP contribution in [0.15, 0.2) is 29.1 Å². The average molecular weight is 233 g/mol. The molecule has 1 aromatic carbocycles. The molecule has 4 nitrogen and oxygen atoms in total. The first-order valence-electron chi connectivity index (χ1n) is 4.84. The van der Waals surface area contributed by atoms with Gasteiger partial charge in [-0.1, -0.05) is 24.4 Å². The number of para-hydroxylation sites is 2. The molecule has 0 spiro atoms. The molecule has 0 bridgehead atoms. The highest BCUT2D eigenvalue weighted by molar-refractivity contribution is 7.80. The number of aromatic nitrogens is 2. The van der Waals surface area contributed by atoms with Gasteiger partial charge in [-0.05, 0) is 19.1 Å². The fourth-order valence-electron chi connectivity index (χ4n) is 1.63. The molecule has 2 aromatic rings. The van der Waals surface area contributed by atoms with Crippen molar-refractivity contribution in [1.82, 2.24) is 9.55 Å². The van der Waals surface area contributed by atoms with Gasteiger partial charge in [-0.3, -0.25) is 9.36 Å². The lowest BCUT2D eigenvalue weighted by atomic mass is 10.3. The van der Waals surface area contributed by atoms with E-state index in [0.29, 0.717) is 5.69 Å². The molecule has 16 heavy (non-hydrogen) atoms. The van der Waals surface area contributed by atoms with Crippen LogP contribution in [0.2, 0.25) is 0 Å². The molecule has 2 rings (SSSR count). The van der Waals surface area contributed by atoms with E-state index < -0.39 is 0 Å². The minimum absolute atomic E-state index is 0.147. The number of hydrogen-bond acceptors (Lipinski definition) is 3. The number of thiocarbonyl (C=S) groups is 1. The van der Waals surface area contributed by atoms with Crippen molar-refractivity contribution in [2.75, 3.05) is 0 Å². The third kappa shape index (κ3) is 1.81. The number of nitrogens with two attached hydrogens (primary N) is 1. The second kappa shape index (κ2) is 4.02. The van der Waals surface area contributed by atoms with Gasteiger partial charge >= 0.3 is 0 Å². The summed E-state index contributed by atoms with van der Waals surface area (Å²) in [6.07, 6.45) is 0. The van der Waals surface area contributed by atoms with Crippen LogP contribution in [0.25, 0.3) is 11.0 Å². The molecule has 2 N–H and O–H groups in total. The summed E-state index contributed by atoms with van der Waals surface area (Å²) in [5, 5.41) is 0. The zero-order valence-corrected chi connectivity index (χ0v) is 9.62. The van der Waals surface area contributed by atoms with Crippen molar-refractivity contribution < 1.29 is 0 Å². The summed E-state index contributed by atoms with van der Waals surface area (Å²) in [4.78, 5) is 16.4. The van der Waals surface area contributed by atoms with Crippen LogP contribution < -0.4 is 11.3 Å². The summed E-state index contributed by atoms with van der Waals surface area (Å²) in [7, 11) is 0. The first kappa shape index (κ1) is 10.8. The molecule has 0 aliphatic carbocycles. The predicted molar refractivity (Wildman–Crippen MR) is 67.5 cm³/mol. The Morgan fingerprint density at radius 2 is 2.19 bits per heavy atom. The van der Waals surface area contributed by atoms with E-state index in [4.69, 9.17) is 18.0 Å². The van der Waals surface area contributed by atoms with Gasteiger partial charge in [0.2, 0.25) is 0 Å². The fraction of sp³-hybridized carbons (Fsp3) is 0.182. The predicted octanol–water partition coefficient (Wildman–Crippen LogP) is 0.991. The van der Waals surface area contributed by atoms with Crippen molar-refractivity contribution in [1.29, 1.82) is 0 Å². The van der Waals surface area contributed by atoms with Crippen molar-refractivity contribution in [2.45, 2.75) is 13.5 Å². The summed E-state index contributed by atoms with van der Waals surface area (Å²) in [5.74, 6) is 0. The lowest BCUT2D eigenvalue weighted by Gasteiger charge is -2.09. The van der Waals surface area contributed by atoms with Gasteiger partial charge in [-0.25, -0.2) is 4.98 Å². The number of aryl methyl sites for hydroxylation is 1. The Balaban J connectivity index is 2.81. The van der Waals surface area contributed by atoms with Crippen LogP contribution in [-0.4, -0.2) is 14.5 Å². The number of nitrogens with zero attached hydrogens (tertiary/aromatic N) is 2. The Bertz CT molecular complexity index is 618. The number of hydrogen-bond donors (Lipinski definition) is 1. The Morgan fingerprint density at radius 3 is 2.88 bits per heavy atom. The maximum absolute atomic E-state index is 11.9. The van der Waals surface area contributed by atoms with Gasteiger partial charge in [-0.15, -0.1) is 0 Å². The lowest BCUT2D eigenvalue weighted by molar-refractivity contribution is 0.824. The standard InChI is InChI=1S/C11H11N3OS/c1-7-11(15)14(6-10(12)16)9-5-3-2-4-8(9)13-7/h2-5H,6H2,1H3,(H2,12,16). The monoisotopic (exact) mass is 233 g/mol. The molecular weight excluding hydrogens is 222 g/mol. The van der Waals surface area contributed by atoms with E-state index in [9.17, 15) is 4.79 Å². The Kier molecular flexibility index (Phi) is 2.70. The van der Waals surface area contributed by atoms with Crippen LogP contribution in [0.3, 0.4) is 0 Å². The first-order valence-corrected chi connectivity index (χ1v) is 5.25. The van der Waals surface area contributed by atoms with Crippen molar-refractivity contribution in [3.05, 3.63) is 40.3 Å². The summed E-state index contributed by atoms with van der Waals surface area (Å²) in [6, 6.07) is 7.43. The van der Waals surface area contributed by atoms with Crippen molar-refractivity contribution >= 4 is 28.2 Å². The van der Waals surface area contributed by atoms with Gasteiger partial charge < -0.3 is 5.73 Å². The molecule has 0 fully saturated rings. The van der Waals surface area contributed by atoms with Gasteiger partial charge in [0.05, 0.1) is 22.6 Å². The van der Waals surface area contributed by atoms with Crippen LogP contribution in [-0.2, 0) is 6.54 Å². The van der Waals surface area contributed by atoms with Gasteiger partial charge in [0.25, 0.3) is 5.56 Å². The molecule has 0 aliphatic heterocycles. The van der Waals surface area contributed by atoms with E-state index in [0.717, 1.165) is 11.0 Å². The number of rotatable bonds is 2. The normalized spacial score (nSPS) is 10.6. The molecule has 0 amide bonds. The van der Waals surface area contributed by atoms with Crippen molar-refractivity contribution in [3.63, 3.8) is 0 Å². The van der Waals surface area contributed by atoms with E-state index in [2.05, 4.69) is 4.98 Å². The van der Waals surface area contributed by atoms with Gasteiger partial charge in [0.15, 0.2) is 0 Å². The fourth-order valence-corrected chi connectivity index (χ4v) is 1.76. The van der Waals surface area contributed by atoms with E-state index >= 15 is 0 Å². The van der Waals surface area contributed by atoms with Gasteiger partial charge in [0, 0.05) is 0 Å². The molecule has 0 radical (unpaired) electrons. The molecule has 0 saturated carbocycles. The maximum atomic E-state index is 11.9. The molecule has 5 heteroatoms. The SMILES string of the molecule is Cc1nc2ccccc2n(CC(N)=S)c1=O. The summed E-state index contributed by atoms with van der Waals surface area (Å²) >= 11 is 4.84. The molecule has 82 valence electrons. The van der Waals surface area contributed by atoms with Gasteiger partial charge in [0.1, 0.15) is 5.69 Å². The van der Waals surface area contributed by atoms with E-state index in [-0.39, 0.29) is 17.1 Å². The minimum atomic E-state index is -0.147. The zero-order valence-electron chi connectivity index (χ0n) is 8.80. The lowest BCUT2D eigenvalue weighted by Crippen LogP contribution is -2.29. The van der Waals surface area contributed by atoms with Crippen molar-refractivity contribution in [2.24, 2.45) is 5.73 Å². The molecule has 0 saturated heterocycles. The third-order valence-corrected chi connectivity index (χ3v) is 2.46. The van der Waals surface area contributed by atoms with E-state index in [1.54, 1.807) is 11.5 Å². The van der Waals surface area contributed by atoms with Crippen LogP contribution >= 0.6 is 12.2 Å². The highest BCUT2D eigenvalue weighted by Gasteiger charge is 2.07.